The fourth-order valence-electron chi connectivity index (χ4n) is 1.72. The van der Waals surface area contributed by atoms with E-state index in [-0.39, 0.29) is 6.03 Å². The van der Waals surface area contributed by atoms with Gasteiger partial charge in [0.15, 0.2) is 0 Å². The number of thioether (sulfide) groups is 1. The van der Waals surface area contributed by atoms with Gasteiger partial charge in [-0.15, -0.1) is 11.8 Å². The van der Waals surface area contributed by atoms with Crippen molar-refractivity contribution in [2.75, 3.05) is 16.9 Å². The second kappa shape index (κ2) is 6.77. The van der Waals surface area contributed by atoms with Crippen LogP contribution in [0.4, 0.5) is 16.2 Å². The number of carbonyl (C=O) groups excluding carboxylic acids is 2. The zero-order valence-corrected chi connectivity index (χ0v) is 11.7. The molecular weight excluding hydrogens is 272 g/mol. The van der Waals surface area contributed by atoms with Crippen LogP contribution in [-0.4, -0.2) is 18.6 Å². The van der Waals surface area contributed by atoms with Gasteiger partial charge in [0, 0.05) is 16.1 Å². The van der Waals surface area contributed by atoms with Gasteiger partial charge in [-0.25, -0.2) is 4.79 Å². The first-order chi connectivity index (χ1) is 9.72. The Labute approximate surface area is 121 Å². The van der Waals surface area contributed by atoms with Crippen molar-refractivity contribution in [2.45, 2.75) is 4.90 Å². The van der Waals surface area contributed by atoms with Gasteiger partial charge in [-0.3, -0.25) is 4.79 Å². The molecule has 0 saturated carbocycles. The van der Waals surface area contributed by atoms with Crippen molar-refractivity contribution in [1.82, 2.24) is 0 Å². The molecule has 0 spiro atoms. The summed E-state index contributed by atoms with van der Waals surface area (Å²) in [5, 5.41) is 5.49. The Balaban J connectivity index is 2.07. The summed E-state index contributed by atoms with van der Waals surface area (Å²) in [6.07, 6.45) is 2.69. The number of rotatable bonds is 4. The molecule has 0 aliphatic heterocycles. The van der Waals surface area contributed by atoms with Crippen LogP contribution in [0, 0.1) is 0 Å². The Bertz CT molecular complexity index is 629. The van der Waals surface area contributed by atoms with Crippen LogP contribution in [-0.2, 0) is 0 Å². The largest absolute Gasteiger partial charge is 0.323 e. The predicted octanol–water partition coefficient (Wildman–Crippen LogP) is 3.87. The molecule has 0 aliphatic carbocycles. The lowest BCUT2D eigenvalue weighted by Gasteiger charge is -2.10. The van der Waals surface area contributed by atoms with Crippen LogP contribution in [0.2, 0.25) is 0 Å². The molecule has 0 atom stereocenters. The molecule has 0 heterocycles. The van der Waals surface area contributed by atoms with Crippen LogP contribution in [0.1, 0.15) is 10.4 Å². The van der Waals surface area contributed by atoms with E-state index >= 15 is 0 Å². The molecule has 2 amide bonds. The number of urea groups is 1. The number of nitrogens with one attached hydrogen (secondary N) is 2. The van der Waals surface area contributed by atoms with E-state index in [2.05, 4.69) is 10.6 Å². The smallest absolute Gasteiger partial charge is 0.308 e. The monoisotopic (exact) mass is 286 g/mol. The van der Waals surface area contributed by atoms with Gasteiger partial charge in [-0.05, 0) is 30.5 Å². The van der Waals surface area contributed by atoms with Gasteiger partial charge in [-0.2, -0.15) is 0 Å². The maximum atomic E-state index is 11.9. The normalized spacial score (nSPS) is 9.85. The summed E-state index contributed by atoms with van der Waals surface area (Å²) < 4.78 is 0. The van der Waals surface area contributed by atoms with Crippen LogP contribution in [0.5, 0.6) is 0 Å². The van der Waals surface area contributed by atoms with Crippen LogP contribution in [0.25, 0.3) is 0 Å². The van der Waals surface area contributed by atoms with Crippen molar-refractivity contribution in [1.29, 1.82) is 0 Å². The number of para-hydroxylation sites is 1. The molecule has 0 saturated heterocycles. The highest BCUT2D eigenvalue weighted by Gasteiger charge is 2.06. The molecule has 102 valence electrons. The van der Waals surface area contributed by atoms with Crippen LogP contribution >= 0.6 is 11.8 Å². The van der Waals surface area contributed by atoms with Crippen LogP contribution < -0.4 is 10.6 Å². The topological polar surface area (TPSA) is 58.2 Å². The minimum Gasteiger partial charge on any atom is -0.308 e. The molecule has 0 unspecified atom stereocenters. The molecule has 0 fully saturated rings. The summed E-state index contributed by atoms with van der Waals surface area (Å²) in [5.74, 6) is 0. The minimum atomic E-state index is -0.338. The highest BCUT2D eigenvalue weighted by Crippen LogP contribution is 2.24. The average Bonchev–Trinajstić information content (AvgIpc) is 2.48. The summed E-state index contributed by atoms with van der Waals surface area (Å²) in [6, 6.07) is 14.0. The number of anilines is 2. The molecule has 0 radical (unpaired) electrons. The highest BCUT2D eigenvalue weighted by atomic mass is 32.2. The van der Waals surface area contributed by atoms with E-state index in [1.165, 1.54) is 0 Å². The summed E-state index contributed by atoms with van der Waals surface area (Å²) in [5.41, 5.74) is 1.85. The van der Waals surface area contributed by atoms with Gasteiger partial charge in [-0.1, -0.05) is 24.3 Å². The Morgan fingerprint density at radius 1 is 1.10 bits per heavy atom. The van der Waals surface area contributed by atoms with E-state index < -0.39 is 0 Å². The molecule has 0 aromatic heterocycles. The molecule has 20 heavy (non-hydrogen) atoms. The summed E-state index contributed by atoms with van der Waals surface area (Å²) >= 11 is 1.56. The van der Waals surface area contributed by atoms with Crippen molar-refractivity contribution in [3.05, 3.63) is 54.1 Å². The van der Waals surface area contributed by atoms with E-state index in [4.69, 9.17) is 0 Å². The number of carbonyl (C=O) groups is 2. The Kier molecular flexibility index (Phi) is 4.79. The second-order valence-electron chi connectivity index (χ2n) is 4.02. The third-order valence-electron chi connectivity index (χ3n) is 2.64. The number of aldehydes is 1. The van der Waals surface area contributed by atoms with Crippen LogP contribution in [0.15, 0.2) is 53.4 Å². The molecule has 5 heteroatoms. The number of hydrogen-bond donors (Lipinski definition) is 2. The van der Waals surface area contributed by atoms with Crippen LogP contribution in [0.3, 0.4) is 0 Å². The van der Waals surface area contributed by atoms with Gasteiger partial charge in [0.25, 0.3) is 0 Å². The highest BCUT2D eigenvalue weighted by molar-refractivity contribution is 7.98. The fourth-order valence-corrected chi connectivity index (χ4v) is 2.28. The molecule has 4 nitrogen and oxygen atoms in total. The molecule has 0 bridgehead atoms. The molecule has 2 N–H and O–H groups in total. The lowest BCUT2D eigenvalue weighted by molar-refractivity contribution is 0.112. The first kappa shape index (κ1) is 14.1. The fraction of sp³-hybridized carbons (Fsp3) is 0.0667. The van der Waals surface area contributed by atoms with Crippen molar-refractivity contribution < 1.29 is 9.59 Å². The average molecular weight is 286 g/mol. The van der Waals surface area contributed by atoms with E-state index in [0.29, 0.717) is 11.3 Å². The third-order valence-corrected chi connectivity index (χ3v) is 3.43. The lowest BCUT2D eigenvalue weighted by Crippen LogP contribution is -2.19. The summed E-state index contributed by atoms with van der Waals surface area (Å²) in [6.45, 7) is 0. The Morgan fingerprint density at radius 2 is 1.90 bits per heavy atom. The first-order valence-electron chi connectivity index (χ1n) is 5.99. The van der Waals surface area contributed by atoms with Gasteiger partial charge in [0.05, 0.1) is 5.69 Å². The van der Waals surface area contributed by atoms with E-state index in [1.807, 2.05) is 30.5 Å². The van der Waals surface area contributed by atoms with Gasteiger partial charge in [0.2, 0.25) is 0 Å². The maximum Gasteiger partial charge on any atom is 0.323 e. The van der Waals surface area contributed by atoms with Gasteiger partial charge >= 0.3 is 6.03 Å². The van der Waals surface area contributed by atoms with Crippen molar-refractivity contribution in [3.8, 4) is 0 Å². The zero-order chi connectivity index (χ0) is 14.4. The predicted molar refractivity (Wildman–Crippen MR) is 82.7 cm³/mol. The third kappa shape index (κ3) is 3.61. The minimum absolute atomic E-state index is 0.338. The zero-order valence-electron chi connectivity index (χ0n) is 10.9. The van der Waals surface area contributed by atoms with Gasteiger partial charge in [0.1, 0.15) is 6.29 Å². The Morgan fingerprint density at radius 3 is 2.65 bits per heavy atom. The van der Waals surface area contributed by atoms with E-state index in [0.717, 1.165) is 16.9 Å². The molecule has 2 aromatic rings. The number of amides is 2. The maximum absolute atomic E-state index is 11.9. The molecule has 0 aliphatic rings. The number of benzene rings is 2. The lowest BCUT2D eigenvalue weighted by atomic mass is 10.2. The SMILES string of the molecule is CSc1ccccc1NC(=O)Nc1cccc(C=O)c1. The van der Waals surface area contributed by atoms with Crippen molar-refractivity contribution >= 4 is 35.5 Å². The Hall–Kier alpha value is -2.27. The quantitative estimate of drug-likeness (QED) is 0.662. The first-order valence-corrected chi connectivity index (χ1v) is 7.21. The molecule has 2 aromatic carbocycles. The van der Waals surface area contributed by atoms with E-state index in [9.17, 15) is 9.59 Å². The summed E-state index contributed by atoms with van der Waals surface area (Å²) in [4.78, 5) is 23.6. The van der Waals surface area contributed by atoms with Crippen molar-refractivity contribution in [2.24, 2.45) is 0 Å². The molecular formula is C15H14N2O2S. The van der Waals surface area contributed by atoms with Gasteiger partial charge < -0.3 is 10.6 Å². The van der Waals surface area contributed by atoms with E-state index in [1.54, 1.807) is 36.0 Å². The van der Waals surface area contributed by atoms with Crippen molar-refractivity contribution in [3.63, 3.8) is 0 Å². The second-order valence-corrected chi connectivity index (χ2v) is 4.87. The molecule has 2 rings (SSSR count). The summed E-state index contributed by atoms with van der Waals surface area (Å²) in [7, 11) is 0. The standard InChI is InChI=1S/C15H14N2O2S/c1-20-14-8-3-2-7-13(14)17-15(19)16-12-6-4-5-11(9-12)10-18/h2-10H,1H3,(H2,16,17,19). The number of hydrogen-bond acceptors (Lipinski definition) is 3.